The quantitative estimate of drug-likeness (QED) is 0.568. The topological polar surface area (TPSA) is 80.0 Å². The number of anilines is 1. The van der Waals surface area contributed by atoms with Crippen LogP contribution in [-0.4, -0.2) is 59.5 Å². The highest BCUT2D eigenvalue weighted by Crippen LogP contribution is 2.33. The Bertz CT molecular complexity index is 1220. The van der Waals surface area contributed by atoms with Gasteiger partial charge in [-0.2, -0.15) is 5.10 Å². The standard InChI is InChI=1S/C25H25N5O3/c1-26-13-18-8-9-22-20(12-18)28(2)24(31)21(16-33-22)30-11-10-19-15-29(27-23(19)25(30)32)14-17-6-4-3-5-7-17/h3-9,12,15,21H,1,10-11,13-14,16H2,2H3/t21-/m0/s1. The normalized spacial score (nSPS) is 17.8. The molecule has 8 heteroatoms. The van der Waals surface area contributed by atoms with E-state index in [0.29, 0.717) is 43.2 Å². The maximum absolute atomic E-state index is 13.4. The van der Waals surface area contributed by atoms with E-state index >= 15 is 0 Å². The Morgan fingerprint density at radius 2 is 1.97 bits per heavy atom. The van der Waals surface area contributed by atoms with Gasteiger partial charge in [0.05, 0.1) is 18.8 Å². The molecule has 0 spiro atoms. The number of ether oxygens (including phenoxy) is 1. The van der Waals surface area contributed by atoms with Crippen molar-refractivity contribution >= 4 is 24.2 Å². The molecule has 0 saturated carbocycles. The van der Waals surface area contributed by atoms with E-state index in [1.807, 2.05) is 54.7 Å². The molecule has 0 bridgehead atoms. The van der Waals surface area contributed by atoms with Crippen LogP contribution in [0.25, 0.3) is 0 Å². The van der Waals surface area contributed by atoms with Crippen LogP contribution < -0.4 is 9.64 Å². The zero-order valence-corrected chi connectivity index (χ0v) is 18.5. The van der Waals surface area contributed by atoms with Gasteiger partial charge in [-0.3, -0.25) is 19.3 Å². The summed E-state index contributed by atoms with van der Waals surface area (Å²) in [6.07, 6.45) is 2.57. The molecule has 168 valence electrons. The lowest BCUT2D eigenvalue weighted by molar-refractivity contribution is -0.123. The molecule has 0 N–H and O–H groups in total. The van der Waals surface area contributed by atoms with Gasteiger partial charge in [-0.1, -0.05) is 36.4 Å². The van der Waals surface area contributed by atoms with Gasteiger partial charge in [-0.25, -0.2) is 0 Å². The number of rotatable bonds is 5. The first-order chi connectivity index (χ1) is 16.0. The molecule has 8 nitrogen and oxygen atoms in total. The molecular formula is C25H25N5O3. The summed E-state index contributed by atoms with van der Waals surface area (Å²) in [6.45, 7) is 5.12. The molecule has 3 heterocycles. The summed E-state index contributed by atoms with van der Waals surface area (Å²) in [5, 5.41) is 4.55. The van der Waals surface area contributed by atoms with Gasteiger partial charge < -0.3 is 14.5 Å². The monoisotopic (exact) mass is 443 g/mol. The van der Waals surface area contributed by atoms with E-state index in [1.54, 1.807) is 21.5 Å². The minimum Gasteiger partial charge on any atom is -0.489 e. The Hall–Kier alpha value is -3.94. The maximum Gasteiger partial charge on any atom is 0.275 e. The van der Waals surface area contributed by atoms with Crippen LogP contribution in [-0.2, 0) is 24.3 Å². The van der Waals surface area contributed by atoms with Crippen molar-refractivity contribution in [3.8, 4) is 5.75 Å². The number of aliphatic imine (C=N–C) groups is 1. The van der Waals surface area contributed by atoms with Crippen LogP contribution in [0, 0.1) is 0 Å². The van der Waals surface area contributed by atoms with Gasteiger partial charge >= 0.3 is 0 Å². The fraction of sp³-hybridized carbons (Fsp3) is 0.280. The summed E-state index contributed by atoms with van der Waals surface area (Å²) >= 11 is 0. The van der Waals surface area contributed by atoms with Crippen molar-refractivity contribution in [3.63, 3.8) is 0 Å². The largest absolute Gasteiger partial charge is 0.489 e. The molecule has 0 radical (unpaired) electrons. The summed E-state index contributed by atoms with van der Waals surface area (Å²) < 4.78 is 7.78. The van der Waals surface area contributed by atoms with Crippen molar-refractivity contribution in [1.82, 2.24) is 14.7 Å². The molecule has 2 amide bonds. The highest BCUT2D eigenvalue weighted by atomic mass is 16.5. The van der Waals surface area contributed by atoms with E-state index in [0.717, 1.165) is 16.7 Å². The summed E-state index contributed by atoms with van der Waals surface area (Å²) in [5.41, 5.74) is 4.04. The molecule has 2 aliphatic heterocycles. The number of carbonyl (C=O) groups excluding carboxylic acids is 2. The van der Waals surface area contributed by atoms with E-state index in [4.69, 9.17) is 4.74 Å². The Balaban J connectivity index is 1.38. The van der Waals surface area contributed by atoms with Gasteiger partial charge in [-0.05, 0) is 36.4 Å². The fourth-order valence-corrected chi connectivity index (χ4v) is 4.43. The van der Waals surface area contributed by atoms with Gasteiger partial charge in [0.2, 0.25) is 0 Å². The zero-order chi connectivity index (χ0) is 22.9. The summed E-state index contributed by atoms with van der Waals surface area (Å²) in [6, 6.07) is 14.9. The third-order valence-electron chi connectivity index (χ3n) is 6.18. The first-order valence-electron chi connectivity index (χ1n) is 10.9. The summed E-state index contributed by atoms with van der Waals surface area (Å²) in [5.74, 6) is 0.192. The number of hydrogen-bond donors (Lipinski definition) is 0. The lowest BCUT2D eigenvalue weighted by Gasteiger charge is -2.33. The average molecular weight is 444 g/mol. The molecular weight excluding hydrogens is 418 g/mol. The second-order valence-corrected chi connectivity index (χ2v) is 8.34. The van der Waals surface area contributed by atoms with Crippen LogP contribution in [0.4, 0.5) is 5.69 Å². The van der Waals surface area contributed by atoms with Crippen molar-refractivity contribution in [1.29, 1.82) is 0 Å². The average Bonchev–Trinajstić information content (AvgIpc) is 3.19. The second-order valence-electron chi connectivity index (χ2n) is 8.34. The van der Waals surface area contributed by atoms with Crippen molar-refractivity contribution in [2.24, 2.45) is 4.99 Å². The fourth-order valence-electron chi connectivity index (χ4n) is 4.43. The third-order valence-corrected chi connectivity index (χ3v) is 6.18. The highest BCUT2D eigenvalue weighted by molar-refractivity contribution is 6.03. The number of fused-ring (bicyclic) bond motifs is 2. The van der Waals surface area contributed by atoms with E-state index < -0.39 is 6.04 Å². The molecule has 33 heavy (non-hydrogen) atoms. The third kappa shape index (κ3) is 3.88. The predicted molar refractivity (Wildman–Crippen MR) is 125 cm³/mol. The highest BCUT2D eigenvalue weighted by Gasteiger charge is 2.39. The van der Waals surface area contributed by atoms with Crippen LogP contribution in [0.3, 0.4) is 0 Å². The Morgan fingerprint density at radius 3 is 2.76 bits per heavy atom. The van der Waals surface area contributed by atoms with Crippen molar-refractivity contribution in [2.75, 3.05) is 25.1 Å². The maximum atomic E-state index is 13.4. The van der Waals surface area contributed by atoms with E-state index in [-0.39, 0.29) is 18.4 Å². The second kappa shape index (κ2) is 8.54. The molecule has 0 aliphatic carbocycles. The zero-order valence-electron chi connectivity index (χ0n) is 18.5. The predicted octanol–water partition coefficient (Wildman–Crippen LogP) is 2.55. The van der Waals surface area contributed by atoms with Gasteiger partial charge in [0.25, 0.3) is 11.8 Å². The minimum absolute atomic E-state index is 0.0982. The van der Waals surface area contributed by atoms with Gasteiger partial charge in [-0.15, -0.1) is 0 Å². The smallest absolute Gasteiger partial charge is 0.275 e. The summed E-state index contributed by atoms with van der Waals surface area (Å²) in [4.78, 5) is 33.8. The SMILES string of the molecule is C=NCc1ccc2c(c1)N(C)C(=O)[C@@H](N1CCc3cn(Cc4ccccc4)nc3C1=O)CO2. The molecule has 0 saturated heterocycles. The number of likely N-dealkylation sites (N-methyl/N-ethyl adjacent to an activating group) is 1. The molecule has 0 unspecified atom stereocenters. The number of amides is 2. The van der Waals surface area contributed by atoms with E-state index in [1.165, 1.54) is 0 Å². The molecule has 0 fully saturated rings. The van der Waals surface area contributed by atoms with Crippen LogP contribution in [0.5, 0.6) is 5.75 Å². The number of hydrogen-bond acceptors (Lipinski definition) is 5. The summed E-state index contributed by atoms with van der Waals surface area (Å²) in [7, 11) is 1.71. The lowest BCUT2D eigenvalue weighted by atomic mass is 10.0. The molecule has 2 aromatic carbocycles. The van der Waals surface area contributed by atoms with Crippen LogP contribution in [0.1, 0.15) is 27.2 Å². The van der Waals surface area contributed by atoms with Gasteiger partial charge in [0.15, 0.2) is 5.69 Å². The first-order valence-corrected chi connectivity index (χ1v) is 10.9. The number of nitrogens with zero attached hydrogens (tertiary/aromatic N) is 5. The molecule has 1 atom stereocenters. The van der Waals surface area contributed by atoms with Gasteiger partial charge in [0.1, 0.15) is 18.4 Å². The molecule has 1 aromatic heterocycles. The van der Waals surface area contributed by atoms with Crippen LogP contribution >= 0.6 is 0 Å². The molecule has 2 aliphatic rings. The minimum atomic E-state index is -0.719. The van der Waals surface area contributed by atoms with E-state index in [9.17, 15) is 9.59 Å². The number of carbonyl (C=O) groups is 2. The molecule has 5 rings (SSSR count). The number of aromatic nitrogens is 2. The molecule has 3 aromatic rings. The lowest BCUT2D eigenvalue weighted by Crippen LogP contribution is -2.54. The van der Waals surface area contributed by atoms with E-state index in [2.05, 4.69) is 16.8 Å². The van der Waals surface area contributed by atoms with Crippen LogP contribution in [0.2, 0.25) is 0 Å². The van der Waals surface area contributed by atoms with Crippen molar-refractivity contribution < 1.29 is 14.3 Å². The Labute approximate surface area is 192 Å². The first kappa shape index (κ1) is 20.9. The van der Waals surface area contributed by atoms with Crippen molar-refractivity contribution in [3.05, 3.63) is 77.1 Å². The van der Waals surface area contributed by atoms with Crippen molar-refractivity contribution in [2.45, 2.75) is 25.6 Å². The number of benzene rings is 2. The Morgan fingerprint density at radius 1 is 1.15 bits per heavy atom. The van der Waals surface area contributed by atoms with Crippen LogP contribution in [0.15, 0.2) is 59.7 Å². The Kier molecular flexibility index (Phi) is 5.42. The van der Waals surface area contributed by atoms with Gasteiger partial charge in [0, 0.05) is 25.4 Å².